The Bertz CT molecular complexity index is 484. The molecule has 2 rings (SSSR count). The van der Waals surface area contributed by atoms with Crippen molar-refractivity contribution in [2.45, 2.75) is 32.0 Å². The maximum atomic E-state index is 12.6. The van der Waals surface area contributed by atoms with Gasteiger partial charge in [-0.05, 0) is 31.9 Å². The molecular formula is C13H16F3N3O. The van der Waals surface area contributed by atoms with Gasteiger partial charge in [-0.2, -0.15) is 13.2 Å². The Kier molecular flexibility index (Phi) is 4.15. The molecule has 1 amide bonds. The van der Waals surface area contributed by atoms with Gasteiger partial charge in [-0.1, -0.05) is 0 Å². The number of pyridine rings is 1. The number of amides is 1. The van der Waals surface area contributed by atoms with Crippen LogP contribution < -0.4 is 5.32 Å². The van der Waals surface area contributed by atoms with Gasteiger partial charge >= 0.3 is 6.18 Å². The molecule has 4 nitrogen and oxygen atoms in total. The highest BCUT2D eigenvalue weighted by Crippen LogP contribution is 2.30. The molecule has 1 aromatic rings. The quantitative estimate of drug-likeness (QED) is 0.929. The number of aromatic nitrogens is 1. The summed E-state index contributed by atoms with van der Waals surface area (Å²) < 4.78 is 37.7. The average molecular weight is 287 g/mol. The van der Waals surface area contributed by atoms with E-state index in [-0.39, 0.29) is 11.7 Å². The van der Waals surface area contributed by atoms with Crippen molar-refractivity contribution in [3.8, 4) is 0 Å². The fraction of sp³-hybridized carbons (Fsp3) is 0.538. The smallest absolute Gasteiger partial charge is 0.359 e. The second kappa shape index (κ2) is 5.68. The minimum absolute atomic E-state index is 0.0554. The van der Waals surface area contributed by atoms with Crippen molar-refractivity contribution < 1.29 is 18.0 Å². The molecule has 2 heterocycles. The molecule has 1 saturated heterocycles. The Morgan fingerprint density at radius 3 is 2.65 bits per heavy atom. The summed E-state index contributed by atoms with van der Waals surface area (Å²) in [5, 5.41) is 2.73. The summed E-state index contributed by atoms with van der Waals surface area (Å²) in [6.45, 7) is 3.05. The third kappa shape index (κ3) is 3.40. The maximum Gasteiger partial charge on any atom is 0.416 e. The Morgan fingerprint density at radius 2 is 2.05 bits per heavy atom. The van der Waals surface area contributed by atoms with E-state index in [1.807, 2.05) is 0 Å². The van der Waals surface area contributed by atoms with E-state index in [0.29, 0.717) is 13.1 Å². The zero-order chi connectivity index (χ0) is 14.8. The molecule has 20 heavy (non-hydrogen) atoms. The topological polar surface area (TPSA) is 45.2 Å². The molecule has 1 unspecified atom stereocenters. The van der Waals surface area contributed by atoms with E-state index in [1.165, 1.54) is 0 Å². The monoisotopic (exact) mass is 287 g/mol. The molecule has 0 saturated carbocycles. The second-order valence-electron chi connectivity index (χ2n) is 4.83. The van der Waals surface area contributed by atoms with Crippen LogP contribution in [0.1, 0.15) is 25.3 Å². The number of nitrogens with zero attached hydrogens (tertiary/aromatic N) is 2. The molecule has 0 spiro atoms. The highest BCUT2D eigenvalue weighted by Gasteiger charge is 2.31. The van der Waals surface area contributed by atoms with E-state index in [1.54, 1.807) is 11.8 Å². The summed E-state index contributed by atoms with van der Waals surface area (Å²) in [6.07, 6.45) is -1.39. The molecule has 1 N–H and O–H groups in total. The third-order valence-electron chi connectivity index (χ3n) is 3.24. The van der Waals surface area contributed by atoms with E-state index in [0.717, 1.165) is 31.2 Å². The summed E-state index contributed by atoms with van der Waals surface area (Å²) in [5.74, 6) is -0.0541. The van der Waals surface area contributed by atoms with Crippen molar-refractivity contribution >= 4 is 11.7 Å². The van der Waals surface area contributed by atoms with Gasteiger partial charge in [-0.3, -0.25) is 4.79 Å². The molecule has 1 aromatic heterocycles. The zero-order valence-electron chi connectivity index (χ0n) is 11.1. The number of anilines is 1. The van der Waals surface area contributed by atoms with Gasteiger partial charge < -0.3 is 10.2 Å². The molecule has 1 aliphatic heterocycles. The third-order valence-corrected chi connectivity index (χ3v) is 3.24. The predicted octanol–water partition coefficient (Wildman–Crippen LogP) is 2.52. The Labute approximate surface area is 115 Å². The van der Waals surface area contributed by atoms with E-state index in [9.17, 15) is 18.0 Å². The van der Waals surface area contributed by atoms with Gasteiger partial charge in [0.15, 0.2) is 0 Å². The van der Waals surface area contributed by atoms with E-state index in [4.69, 9.17) is 0 Å². The van der Waals surface area contributed by atoms with Crippen LogP contribution in [0.3, 0.4) is 0 Å². The van der Waals surface area contributed by atoms with Gasteiger partial charge in [0.2, 0.25) is 5.91 Å². The molecule has 110 valence electrons. The fourth-order valence-electron chi connectivity index (χ4n) is 2.18. The summed E-state index contributed by atoms with van der Waals surface area (Å²) in [6, 6.07) is 1.22. The lowest BCUT2D eigenvalue weighted by Crippen LogP contribution is -2.39. The van der Waals surface area contributed by atoms with Gasteiger partial charge in [0.25, 0.3) is 0 Å². The number of hydrogen-bond donors (Lipinski definition) is 1. The van der Waals surface area contributed by atoms with Crippen molar-refractivity contribution in [2.75, 3.05) is 18.4 Å². The number of carbonyl (C=O) groups excluding carboxylic acids is 1. The van der Waals surface area contributed by atoms with Crippen LogP contribution in [0, 0.1) is 0 Å². The normalized spacial score (nSPS) is 17.1. The number of halogens is 3. The molecule has 0 aliphatic carbocycles. The van der Waals surface area contributed by atoms with Crippen LogP contribution in [0.25, 0.3) is 0 Å². The number of nitrogens with one attached hydrogen (secondary N) is 1. The van der Waals surface area contributed by atoms with Gasteiger partial charge in [-0.15, -0.1) is 0 Å². The number of alkyl halides is 3. The van der Waals surface area contributed by atoms with Crippen LogP contribution >= 0.6 is 0 Å². The Morgan fingerprint density at radius 1 is 1.40 bits per heavy atom. The Balaban J connectivity index is 2.04. The van der Waals surface area contributed by atoms with Crippen molar-refractivity contribution in [1.29, 1.82) is 0 Å². The zero-order valence-corrected chi connectivity index (χ0v) is 11.1. The number of carbonyl (C=O) groups is 1. The summed E-state index contributed by atoms with van der Waals surface area (Å²) >= 11 is 0. The first kappa shape index (κ1) is 14.6. The van der Waals surface area contributed by atoms with Gasteiger partial charge in [0.1, 0.15) is 11.9 Å². The van der Waals surface area contributed by atoms with Crippen LogP contribution in [-0.2, 0) is 11.0 Å². The lowest BCUT2D eigenvalue weighted by atomic mass is 10.2. The van der Waals surface area contributed by atoms with E-state index in [2.05, 4.69) is 10.3 Å². The van der Waals surface area contributed by atoms with Crippen LogP contribution in [-0.4, -0.2) is 34.9 Å². The predicted molar refractivity (Wildman–Crippen MR) is 68.1 cm³/mol. The summed E-state index contributed by atoms with van der Waals surface area (Å²) in [7, 11) is 0. The minimum atomic E-state index is -4.42. The van der Waals surface area contributed by atoms with Gasteiger partial charge in [-0.25, -0.2) is 4.98 Å². The first-order valence-electron chi connectivity index (χ1n) is 6.46. The molecule has 0 aromatic carbocycles. The van der Waals surface area contributed by atoms with Crippen LogP contribution in [0.2, 0.25) is 0 Å². The Hall–Kier alpha value is -1.79. The SMILES string of the molecule is CC(Nc1cc(C(F)(F)F)ccn1)C(=O)N1CCCC1. The number of hydrogen-bond acceptors (Lipinski definition) is 3. The molecule has 1 fully saturated rings. The standard InChI is InChI=1S/C13H16F3N3O/c1-9(12(20)19-6-2-3-7-19)18-11-8-10(4-5-17-11)13(14,15)16/h4-5,8-9H,2-3,6-7H2,1H3,(H,17,18). The van der Waals surface area contributed by atoms with Crippen molar-refractivity contribution in [3.05, 3.63) is 23.9 Å². The molecule has 1 aliphatic rings. The number of rotatable bonds is 3. The molecular weight excluding hydrogens is 271 g/mol. The molecule has 0 bridgehead atoms. The average Bonchev–Trinajstić information content (AvgIpc) is 2.91. The van der Waals surface area contributed by atoms with Gasteiger partial charge in [0, 0.05) is 19.3 Å². The highest BCUT2D eigenvalue weighted by molar-refractivity contribution is 5.84. The summed E-state index contributed by atoms with van der Waals surface area (Å²) in [4.78, 5) is 17.6. The first-order valence-corrected chi connectivity index (χ1v) is 6.46. The first-order chi connectivity index (χ1) is 9.38. The van der Waals surface area contributed by atoms with Crippen LogP contribution in [0.4, 0.5) is 19.0 Å². The minimum Gasteiger partial charge on any atom is -0.359 e. The van der Waals surface area contributed by atoms with Crippen LogP contribution in [0.15, 0.2) is 18.3 Å². The van der Waals surface area contributed by atoms with E-state index < -0.39 is 17.8 Å². The lowest BCUT2D eigenvalue weighted by Gasteiger charge is -2.21. The largest absolute Gasteiger partial charge is 0.416 e. The molecule has 1 atom stereocenters. The maximum absolute atomic E-state index is 12.6. The second-order valence-corrected chi connectivity index (χ2v) is 4.83. The van der Waals surface area contributed by atoms with Crippen molar-refractivity contribution in [1.82, 2.24) is 9.88 Å². The van der Waals surface area contributed by atoms with Gasteiger partial charge in [0.05, 0.1) is 5.56 Å². The fourth-order valence-corrected chi connectivity index (χ4v) is 2.18. The molecule has 7 heteroatoms. The number of likely N-dealkylation sites (tertiary alicyclic amines) is 1. The molecule has 0 radical (unpaired) electrons. The van der Waals surface area contributed by atoms with Crippen LogP contribution in [0.5, 0.6) is 0 Å². The lowest BCUT2D eigenvalue weighted by molar-refractivity contribution is -0.137. The van der Waals surface area contributed by atoms with Crippen molar-refractivity contribution in [3.63, 3.8) is 0 Å². The van der Waals surface area contributed by atoms with Crippen molar-refractivity contribution in [2.24, 2.45) is 0 Å². The van der Waals surface area contributed by atoms with E-state index >= 15 is 0 Å². The highest BCUT2D eigenvalue weighted by atomic mass is 19.4. The summed E-state index contributed by atoms with van der Waals surface area (Å²) in [5.41, 5.74) is -0.782.